The van der Waals surface area contributed by atoms with Gasteiger partial charge in [-0.05, 0) is 11.6 Å². The first-order valence-electron chi connectivity index (χ1n) is 6.81. The van der Waals surface area contributed by atoms with E-state index < -0.39 is 24.1 Å². The second-order valence-corrected chi connectivity index (χ2v) is 6.02. The molecule has 3 heterocycles. The van der Waals surface area contributed by atoms with Crippen LogP contribution in [0.25, 0.3) is 10.9 Å². The normalized spacial score (nSPS) is 20.6. The highest BCUT2D eigenvalue weighted by Crippen LogP contribution is 2.31. The molecule has 0 unspecified atom stereocenters. The molecule has 11 heteroatoms. The molecule has 1 N–H and O–H groups in total. The zero-order chi connectivity index (χ0) is 17.6. The fraction of sp³-hybridized carbons (Fsp3) is 0.385. The van der Waals surface area contributed by atoms with Crippen molar-refractivity contribution in [2.75, 3.05) is 25.0 Å². The number of nitrogens with zero attached hydrogens (tertiary/aromatic N) is 5. The first-order valence-corrected chi connectivity index (χ1v) is 7.57. The Balaban J connectivity index is 2.06. The molecule has 0 bridgehead atoms. The lowest BCUT2D eigenvalue weighted by atomic mass is 10.2. The predicted octanol–water partition coefficient (Wildman–Crippen LogP) is 2.61. The van der Waals surface area contributed by atoms with E-state index in [4.69, 9.17) is 28.3 Å². The summed E-state index contributed by atoms with van der Waals surface area (Å²) in [5.41, 5.74) is -0.139. The molecule has 1 saturated heterocycles. The molecule has 0 radical (unpaired) electrons. The Kier molecular flexibility index (Phi) is 4.31. The van der Waals surface area contributed by atoms with Crippen molar-refractivity contribution in [1.29, 1.82) is 0 Å². The molecule has 3 rings (SSSR count). The number of fused-ring (bicyclic) bond motifs is 1. The minimum absolute atomic E-state index is 0.0559. The van der Waals surface area contributed by atoms with E-state index in [1.54, 1.807) is 0 Å². The summed E-state index contributed by atoms with van der Waals surface area (Å²) in [6.07, 6.45) is -1.38. The number of likely N-dealkylation sites (N-methyl/N-ethyl adjacent to an activating group) is 1. The number of likely N-dealkylation sites (tertiary alicyclic amines) is 1. The molecule has 2 aromatic rings. The van der Waals surface area contributed by atoms with Crippen LogP contribution in [0.5, 0.6) is 0 Å². The highest BCUT2D eigenvalue weighted by molar-refractivity contribution is 6.30. The maximum Gasteiger partial charge on any atom is 0.407 e. The van der Waals surface area contributed by atoms with Crippen LogP contribution < -0.4 is 4.90 Å². The number of aromatic nitrogens is 3. The molecule has 0 aromatic carbocycles. The number of carboxylic acid groups (broad SMARTS) is 1. The molecule has 1 aliphatic rings. The van der Waals surface area contributed by atoms with Crippen LogP contribution >= 0.6 is 23.2 Å². The molecule has 128 valence electrons. The van der Waals surface area contributed by atoms with Gasteiger partial charge in [-0.2, -0.15) is 4.98 Å². The molecule has 0 saturated carbocycles. The van der Waals surface area contributed by atoms with Gasteiger partial charge in [0, 0.05) is 19.8 Å². The fourth-order valence-electron chi connectivity index (χ4n) is 2.69. The summed E-state index contributed by atoms with van der Waals surface area (Å²) in [7, 11) is 1.52. The van der Waals surface area contributed by atoms with Crippen molar-refractivity contribution >= 4 is 46.0 Å². The lowest BCUT2D eigenvalue weighted by molar-refractivity contribution is 0.152. The topological polar surface area (TPSA) is 82.5 Å². The van der Waals surface area contributed by atoms with E-state index in [0.29, 0.717) is 0 Å². The van der Waals surface area contributed by atoms with E-state index in [-0.39, 0.29) is 40.2 Å². The van der Waals surface area contributed by atoms with Crippen molar-refractivity contribution in [3.63, 3.8) is 0 Å². The third kappa shape index (κ3) is 2.78. The summed E-state index contributed by atoms with van der Waals surface area (Å²) in [4.78, 5) is 24.9. The number of hydrogen-bond donors (Lipinski definition) is 1. The van der Waals surface area contributed by atoms with Gasteiger partial charge in [0.15, 0.2) is 11.0 Å². The molecule has 7 nitrogen and oxygen atoms in total. The molecular weight excluding hydrogens is 367 g/mol. The van der Waals surface area contributed by atoms with Gasteiger partial charge in [-0.1, -0.05) is 11.6 Å². The van der Waals surface area contributed by atoms with Gasteiger partial charge >= 0.3 is 6.09 Å². The predicted molar refractivity (Wildman–Crippen MR) is 84.0 cm³/mol. The highest BCUT2D eigenvalue weighted by Gasteiger charge is 2.39. The minimum Gasteiger partial charge on any atom is -0.465 e. The molecule has 0 aliphatic carbocycles. The van der Waals surface area contributed by atoms with Crippen molar-refractivity contribution in [1.82, 2.24) is 19.9 Å². The Hall–Kier alpha value is -2.00. The maximum absolute atomic E-state index is 14.2. The van der Waals surface area contributed by atoms with E-state index in [2.05, 4.69) is 15.0 Å². The van der Waals surface area contributed by atoms with Gasteiger partial charge in [-0.15, -0.1) is 0 Å². The first kappa shape index (κ1) is 16.8. The average Bonchev–Trinajstić information content (AvgIpc) is 2.92. The number of halogens is 4. The molecular formula is C13H11Cl2F2N5O2. The number of carbonyl (C=O) groups is 1. The third-order valence-corrected chi connectivity index (χ3v) is 4.35. The summed E-state index contributed by atoms with van der Waals surface area (Å²) in [5.74, 6) is -0.712. The number of rotatable bonds is 2. The van der Waals surface area contributed by atoms with Crippen LogP contribution in [0.3, 0.4) is 0 Å². The van der Waals surface area contributed by atoms with Crippen LogP contribution in [0, 0.1) is 5.82 Å². The molecule has 24 heavy (non-hydrogen) atoms. The standard InChI is InChI=1S/C13H11Cl2F2N5O2/c1-21(7-4-22(13(23)24)3-6(7)16)11-5-2-18-10(14)8(17)9(5)19-12(15)20-11/h2,6-7H,3-4H2,1H3,(H,23,24)/t6-,7+/m1/s1. The van der Waals surface area contributed by atoms with Gasteiger partial charge in [-0.25, -0.2) is 23.5 Å². The highest BCUT2D eigenvalue weighted by atomic mass is 35.5. The fourth-order valence-corrected chi connectivity index (χ4v) is 2.99. The molecule has 1 aliphatic heterocycles. The second-order valence-electron chi connectivity index (χ2n) is 5.32. The first-order chi connectivity index (χ1) is 11.3. The van der Waals surface area contributed by atoms with Gasteiger partial charge < -0.3 is 14.9 Å². The van der Waals surface area contributed by atoms with Crippen LogP contribution in [0.1, 0.15) is 0 Å². The van der Waals surface area contributed by atoms with Crippen LogP contribution in [0.15, 0.2) is 6.20 Å². The van der Waals surface area contributed by atoms with Crippen LogP contribution in [0.4, 0.5) is 19.4 Å². The van der Waals surface area contributed by atoms with E-state index in [0.717, 1.165) is 4.90 Å². The number of hydrogen-bond acceptors (Lipinski definition) is 5. The monoisotopic (exact) mass is 377 g/mol. The zero-order valence-corrected chi connectivity index (χ0v) is 13.8. The molecule has 0 spiro atoms. The van der Waals surface area contributed by atoms with Crippen molar-refractivity contribution in [3.8, 4) is 0 Å². The van der Waals surface area contributed by atoms with Gasteiger partial charge in [0.2, 0.25) is 5.28 Å². The van der Waals surface area contributed by atoms with E-state index in [1.807, 2.05) is 0 Å². The summed E-state index contributed by atoms with van der Waals surface area (Å²) >= 11 is 11.5. The van der Waals surface area contributed by atoms with E-state index >= 15 is 0 Å². The largest absolute Gasteiger partial charge is 0.465 e. The smallest absolute Gasteiger partial charge is 0.407 e. The minimum atomic E-state index is -1.43. The summed E-state index contributed by atoms with van der Waals surface area (Å²) in [5, 5.41) is 8.59. The number of pyridine rings is 1. The Morgan fingerprint density at radius 3 is 2.75 bits per heavy atom. The Labute approximate surface area is 144 Å². The van der Waals surface area contributed by atoms with Crippen LogP contribution in [-0.2, 0) is 0 Å². The quantitative estimate of drug-likeness (QED) is 0.639. The third-order valence-electron chi connectivity index (χ3n) is 3.92. The number of amides is 1. The Morgan fingerprint density at radius 2 is 2.12 bits per heavy atom. The van der Waals surface area contributed by atoms with Crippen molar-refractivity contribution in [2.45, 2.75) is 12.2 Å². The molecule has 2 atom stereocenters. The van der Waals surface area contributed by atoms with Gasteiger partial charge in [-0.3, -0.25) is 0 Å². The van der Waals surface area contributed by atoms with Gasteiger partial charge in [0.1, 0.15) is 17.5 Å². The Bertz CT molecular complexity index is 825. The average molecular weight is 378 g/mol. The summed E-state index contributed by atoms with van der Waals surface area (Å²) in [6.45, 7) is -0.306. The summed E-state index contributed by atoms with van der Waals surface area (Å²) in [6, 6.07) is -0.797. The van der Waals surface area contributed by atoms with Gasteiger partial charge in [0.25, 0.3) is 0 Å². The van der Waals surface area contributed by atoms with E-state index in [9.17, 15) is 13.6 Å². The lowest BCUT2D eigenvalue weighted by Crippen LogP contribution is -2.40. The van der Waals surface area contributed by atoms with Crippen molar-refractivity contribution in [3.05, 3.63) is 22.5 Å². The number of anilines is 1. The Morgan fingerprint density at radius 1 is 1.42 bits per heavy atom. The maximum atomic E-state index is 14.2. The van der Waals surface area contributed by atoms with Gasteiger partial charge in [0.05, 0.1) is 18.0 Å². The van der Waals surface area contributed by atoms with Crippen molar-refractivity contribution < 1.29 is 18.7 Å². The molecule has 2 aromatic heterocycles. The second kappa shape index (κ2) is 6.14. The van der Waals surface area contributed by atoms with E-state index in [1.165, 1.54) is 18.1 Å². The van der Waals surface area contributed by atoms with Crippen LogP contribution in [-0.4, -0.2) is 63.4 Å². The number of alkyl halides is 1. The zero-order valence-electron chi connectivity index (χ0n) is 12.2. The van der Waals surface area contributed by atoms with Crippen molar-refractivity contribution in [2.24, 2.45) is 0 Å². The molecule has 1 fully saturated rings. The SMILES string of the molecule is CN(c1nc(Cl)nc2c(F)c(Cl)ncc12)[C@H]1CN(C(=O)O)C[C@H]1F. The van der Waals surface area contributed by atoms with Crippen LogP contribution in [0.2, 0.25) is 10.4 Å². The lowest BCUT2D eigenvalue weighted by Gasteiger charge is -2.27. The summed E-state index contributed by atoms with van der Waals surface area (Å²) < 4.78 is 28.4. The molecule has 1 amide bonds.